The maximum Gasteiger partial charge on any atom is 0.158 e. The van der Waals surface area contributed by atoms with Crippen molar-refractivity contribution in [2.45, 2.75) is 114 Å². The lowest BCUT2D eigenvalue weighted by Crippen LogP contribution is -2.52. The first kappa shape index (κ1) is 26.2. The predicted octanol–water partition coefficient (Wildman–Crippen LogP) is 0.0774. The van der Waals surface area contributed by atoms with Crippen LogP contribution in [0.5, 0.6) is 0 Å². The molecule has 0 saturated carbocycles. The van der Waals surface area contributed by atoms with Gasteiger partial charge in [-0.2, -0.15) is 0 Å². The Balaban J connectivity index is 0.000000181. The smallest absolute Gasteiger partial charge is 0.158 e. The second-order valence-corrected chi connectivity index (χ2v) is 8.83. The molecule has 4 saturated heterocycles. The largest absolute Gasteiger partial charge is 0.394 e. The van der Waals surface area contributed by atoms with Gasteiger partial charge in [0.1, 0.15) is 48.8 Å². The summed E-state index contributed by atoms with van der Waals surface area (Å²) >= 11 is 0. The lowest BCUT2D eigenvalue weighted by Gasteiger charge is -2.37. The third-order valence-corrected chi connectivity index (χ3v) is 6.26. The summed E-state index contributed by atoms with van der Waals surface area (Å²) in [6, 6.07) is 0. The van der Waals surface area contributed by atoms with E-state index in [-0.39, 0.29) is 56.8 Å². The van der Waals surface area contributed by atoms with Gasteiger partial charge in [-0.05, 0) is 25.7 Å². The molecule has 4 aliphatic rings. The highest BCUT2D eigenvalue weighted by Gasteiger charge is 2.47. The van der Waals surface area contributed by atoms with E-state index >= 15 is 0 Å². The monoisotopic (exact) mass is 464 g/mol. The van der Waals surface area contributed by atoms with Gasteiger partial charge in [0.05, 0.1) is 26.4 Å². The van der Waals surface area contributed by atoms with Gasteiger partial charge < -0.3 is 48.8 Å². The van der Waals surface area contributed by atoms with E-state index in [0.29, 0.717) is 6.61 Å². The number of hydrogen-bond acceptors (Lipinski definition) is 10. The molecule has 188 valence electrons. The van der Waals surface area contributed by atoms with Crippen molar-refractivity contribution in [1.82, 2.24) is 0 Å². The second kappa shape index (κ2) is 12.9. The minimum atomic E-state index is -0.862. The van der Waals surface area contributed by atoms with Crippen LogP contribution in [0.1, 0.15) is 52.4 Å². The Labute approximate surface area is 189 Å². The van der Waals surface area contributed by atoms with Crippen molar-refractivity contribution >= 4 is 0 Å². The van der Waals surface area contributed by atoms with Crippen LogP contribution in [0.2, 0.25) is 0 Å². The molecule has 0 aromatic rings. The summed E-state index contributed by atoms with van der Waals surface area (Å²) in [4.78, 5) is 0. The molecule has 4 rings (SSSR count). The van der Waals surface area contributed by atoms with Gasteiger partial charge in [-0.15, -0.1) is 0 Å². The summed E-state index contributed by atoms with van der Waals surface area (Å²) in [5.74, 6) is 0. The summed E-state index contributed by atoms with van der Waals surface area (Å²) in [6.45, 7) is 4.99. The maximum absolute atomic E-state index is 9.69. The molecule has 0 spiro atoms. The lowest BCUT2D eigenvalue weighted by atomic mass is 10.0. The van der Waals surface area contributed by atoms with E-state index in [1.54, 1.807) is 0 Å². The molecule has 10 nitrogen and oxygen atoms in total. The van der Waals surface area contributed by atoms with Crippen molar-refractivity contribution in [2.75, 3.05) is 26.4 Å². The zero-order valence-corrected chi connectivity index (χ0v) is 19.1. The first-order valence-electron chi connectivity index (χ1n) is 11.9. The Bertz CT molecular complexity index is 535. The number of rotatable bonds is 8. The number of aliphatic hydroxyl groups excluding tert-OH is 4. The van der Waals surface area contributed by atoms with E-state index in [1.165, 1.54) is 0 Å². The number of fused-ring (bicyclic) bond motifs is 1. The molecule has 0 bridgehead atoms. The Morgan fingerprint density at radius 2 is 1.34 bits per heavy atom. The zero-order valence-electron chi connectivity index (χ0n) is 19.1. The molecule has 0 aliphatic carbocycles. The van der Waals surface area contributed by atoms with E-state index in [1.807, 2.05) is 0 Å². The highest BCUT2D eigenvalue weighted by molar-refractivity contribution is 4.93. The lowest BCUT2D eigenvalue weighted by molar-refractivity contribution is -0.285. The molecule has 4 N–H and O–H groups in total. The van der Waals surface area contributed by atoms with E-state index in [0.717, 1.165) is 38.5 Å². The molecular formula is C22H40O10. The fourth-order valence-electron chi connectivity index (χ4n) is 4.36. The molecular weight excluding hydrogens is 424 g/mol. The van der Waals surface area contributed by atoms with E-state index < -0.39 is 24.4 Å². The first-order chi connectivity index (χ1) is 15.5. The summed E-state index contributed by atoms with van der Waals surface area (Å²) < 4.78 is 33.0. The number of ether oxygens (including phenoxy) is 6. The van der Waals surface area contributed by atoms with Crippen LogP contribution in [-0.2, 0) is 28.4 Å². The Kier molecular flexibility index (Phi) is 10.6. The molecule has 4 heterocycles. The normalized spacial score (nSPS) is 43.7. The van der Waals surface area contributed by atoms with E-state index in [2.05, 4.69) is 13.8 Å². The Hall–Kier alpha value is -0.400. The van der Waals surface area contributed by atoms with Crippen molar-refractivity contribution in [3.05, 3.63) is 0 Å². The van der Waals surface area contributed by atoms with Gasteiger partial charge >= 0.3 is 0 Å². The third kappa shape index (κ3) is 6.59. The molecule has 32 heavy (non-hydrogen) atoms. The van der Waals surface area contributed by atoms with Crippen molar-refractivity contribution in [3.63, 3.8) is 0 Å². The average Bonchev–Trinajstić information content (AvgIpc) is 3.51. The van der Waals surface area contributed by atoms with E-state index in [4.69, 9.17) is 28.4 Å². The van der Waals surface area contributed by atoms with Gasteiger partial charge in [0.25, 0.3) is 0 Å². The van der Waals surface area contributed by atoms with Crippen molar-refractivity contribution in [3.8, 4) is 0 Å². The molecule has 0 aromatic heterocycles. The molecule has 4 aliphatic heterocycles. The molecule has 0 radical (unpaired) electrons. The van der Waals surface area contributed by atoms with Crippen LogP contribution in [0.4, 0.5) is 0 Å². The van der Waals surface area contributed by atoms with Gasteiger partial charge in [-0.1, -0.05) is 26.7 Å². The fraction of sp³-hybridized carbons (Fsp3) is 1.00. The standard InChI is InChI=1S/2C11H20O5/c1-2-3-4-9-15-8(5-12)11-10(16-9)7(13)6-14-11;1-2-3-4-9-14-6-8(16-9)11-10(13)7(12)5-15-11/h2*7-13H,2-6H2,1H3/t2*7-,8+,9?,10+,11+/m00/s1. The van der Waals surface area contributed by atoms with Gasteiger partial charge in [-0.3, -0.25) is 0 Å². The van der Waals surface area contributed by atoms with Crippen LogP contribution in [0.15, 0.2) is 0 Å². The van der Waals surface area contributed by atoms with Crippen LogP contribution in [-0.4, -0.2) is 108 Å². The average molecular weight is 465 g/mol. The second-order valence-electron chi connectivity index (χ2n) is 8.83. The van der Waals surface area contributed by atoms with E-state index in [9.17, 15) is 20.4 Å². The molecule has 2 unspecified atom stereocenters. The van der Waals surface area contributed by atoms with Crippen LogP contribution in [0, 0.1) is 0 Å². The van der Waals surface area contributed by atoms with Gasteiger partial charge in [0.2, 0.25) is 0 Å². The zero-order chi connectivity index (χ0) is 23.1. The van der Waals surface area contributed by atoms with Crippen molar-refractivity contribution < 1.29 is 48.8 Å². The first-order valence-corrected chi connectivity index (χ1v) is 11.9. The minimum Gasteiger partial charge on any atom is -0.394 e. The molecule has 0 aromatic carbocycles. The quantitative estimate of drug-likeness (QED) is 0.391. The molecule has 0 amide bonds. The van der Waals surface area contributed by atoms with Crippen molar-refractivity contribution in [1.29, 1.82) is 0 Å². The minimum absolute atomic E-state index is 0.0973. The number of unbranched alkanes of at least 4 members (excludes halogenated alkanes) is 2. The topological polar surface area (TPSA) is 136 Å². The molecule has 4 fully saturated rings. The predicted molar refractivity (Wildman–Crippen MR) is 112 cm³/mol. The van der Waals surface area contributed by atoms with Gasteiger partial charge in [-0.25, -0.2) is 0 Å². The molecule has 10 heteroatoms. The van der Waals surface area contributed by atoms with Crippen LogP contribution in [0.25, 0.3) is 0 Å². The van der Waals surface area contributed by atoms with Crippen molar-refractivity contribution in [2.24, 2.45) is 0 Å². The summed E-state index contributed by atoms with van der Waals surface area (Å²) in [5.41, 5.74) is 0. The summed E-state index contributed by atoms with van der Waals surface area (Å²) in [5, 5.41) is 38.0. The number of aliphatic hydroxyl groups is 4. The highest BCUT2D eigenvalue weighted by atomic mass is 16.7. The van der Waals surface area contributed by atoms with Crippen LogP contribution >= 0.6 is 0 Å². The molecule has 10 atom stereocenters. The number of hydrogen-bond donors (Lipinski definition) is 4. The Morgan fingerprint density at radius 1 is 0.688 bits per heavy atom. The van der Waals surface area contributed by atoms with Crippen LogP contribution < -0.4 is 0 Å². The van der Waals surface area contributed by atoms with Gasteiger partial charge in [0, 0.05) is 0 Å². The summed E-state index contributed by atoms with van der Waals surface area (Å²) in [7, 11) is 0. The van der Waals surface area contributed by atoms with Crippen LogP contribution in [0.3, 0.4) is 0 Å². The SMILES string of the molecule is CCCCC1OC[C@H]([C@H]2OC[C@H](O)[C@H]2O)O1.CCCCC1O[C@H]2[C@H](OC[C@@H]2O)[C@@H](CO)O1. The summed E-state index contributed by atoms with van der Waals surface area (Å²) in [6.07, 6.45) is 1.36. The third-order valence-electron chi connectivity index (χ3n) is 6.26. The highest BCUT2D eigenvalue weighted by Crippen LogP contribution is 2.31. The fourth-order valence-corrected chi connectivity index (χ4v) is 4.36. The Morgan fingerprint density at radius 3 is 1.97 bits per heavy atom. The maximum atomic E-state index is 9.69. The van der Waals surface area contributed by atoms with Gasteiger partial charge in [0.15, 0.2) is 12.6 Å².